The van der Waals surface area contributed by atoms with Gasteiger partial charge in [0.05, 0.1) is 5.56 Å². The van der Waals surface area contributed by atoms with Gasteiger partial charge >= 0.3 is 6.18 Å². The fraction of sp³-hybridized carbons (Fsp3) is 0.250. The van der Waals surface area contributed by atoms with Crippen molar-refractivity contribution in [2.24, 2.45) is 5.73 Å². The Labute approximate surface area is 133 Å². The molecule has 0 bridgehead atoms. The topological polar surface area (TPSA) is 35.2 Å². The molecule has 0 saturated carbocycles. The minimum absolute atomic E-state index is 0. The Bertz CT molecular complexity index is 612. The van der Waals surface area contributed by atoms with Crippen LogP contribution in [0.5, 0.6) is 5.75 Å². The highest BCUT2D eigenvalue weighted by atomic mass is 35.5. The van der Waals surface area contributed by atoms with Gasteiger partial charge < -0.3 is 10.5 Å². The van der Waals surface area contributed by atoms with E-state index in [-0.39, 0.29) is 12.4 Å². The molecule has 0 aliphatic carbocycles. The standard InChI is InChI=1S/C16H16F3NO.ClH/c1-11-10-14(21-9-8-20)6-7-15(11)12-2-4-13(5-3-12)16(17,18)19;/h2-7,10H,8-9,20H2,1H3;1H. The van der Waals surface area contributed by atoms with Gasteiger partial charge in [0, 0.05) is 6.54 Å². The van der Waals surface area contributed by atoms with Crippen LogP contribution in [0.15, 0.2) is 42.5 Å². The van der Waals surface area contributed by atoms with E-state index in [0.29, 0.717) is 18.9 Å². The van der Waals surface area contributed by atoms with Gasteiger partial charge in [-0.05, 0) is 47.9 Å². The number of halogens is 4. The summed E-state index contributed by atoms with van der Waals surface area (Å²) in [4.78, 5) is 0. The molecule has 6 heteroatoms. The van der Waals surface area contributed by atoms with Gasteiger partial charge in [-0.3, -0.25) is 0 Å². The zero-order chi connectivity index (χ0) is 15.5. The molecule has 0 aliphatic heterocycles. The Morgan fingerprint density at radius 2 is 1.68 bits per heavy atom. The molecule has 2 aromatic carbocycles. The first-order valence-electron chi connectivity index (χ1n) is 6.53. The van der Waals surface area contributed by atoms with Crippen molar-refractivity contribution in [1.29, 1.82) is 0 Å². The molecule has 120 valence electrons. The predicted molar refractivity (Wildman–Crippen MR) is 83.4 cm³/mol. The normalized spacial score (nSPS) is 11.0. The maximum Gasteiger partial charge on any atom is 0.416 e. The van der Waals surface area contributed by atoms with Crippen molar-refractivity contribution >= 4 is 12.4 Å². The monoisotopic (exact) mass is 331 g/mol. The summed E-state index contributed by atoms with van der Waals surface area (Å²) in [6, 6.07) is 10.6. The van der Waals surface area contributed by atoms with Gasteiger partial charge in [-0.2, -0.15) is 13.2 Å². The van der Waals surface area contributed by atoms with Crippen LogP contribution >= 0.6 is 12.4 Å². The first-order chi connectivity index (χ1) is 9.91. The molecule has 0 fully saturated rings. The van der Waals surface area contributed by atoms with Crippen molar-refractivity contribution in [3.8, 4) is 16.9 Å². The number of ether oxygens (including phenoxy) is 1. The molecule has 0 heterocycles. The zero-order valence-corrected chi connectivity index (χ0v) is 12.8. The quantitative estimate of drug-likeness (QED) is 0.899. The van der Waals surface area contributed by atoms with Crippen molar-refractivity contribution in [2.45, 2.75) is 13.1 Å². The predicted octanol–water partition coefficient (Wildman–Crippen LogP) is 4.44. The lowest BCUT2D eigenvalue weighted by atomic mass is 9.99. The number of hydrogen-bond donors (Lipinski definition) is 1. The first kappa shape index (κ1) is 18.3. The summed E-state index contributed by atoms with van der Waals surface area (Å²) in [6.07, 6.45) is -4.31. The summed E-state index contributed by atoms with van der Waals surface area (Å²) < 4.78 is 43.1. The molecule has 0 aromatic heterocycles. The van der Waals surface area contributed by atoms with E-state index in [4.69, 9.17) is 10.5 Å². The second kappa shape index (κ2) is 7.51. The maximum absolute atomic E-state index is 12.5. The van der Waals surface area contributed by atoms with Crippen molar-refractivity contribution in [2.75, 3.05) is 13.2 Å². The van der Waals surface area contributed by atoms with Crippen LogP contribution in [0.3, 0.4) is 0 Å². The number of alkyl halides is 3. The molecule has 2 nitrogen and oxygen atoms in total. The van der Waals surface area contributed by atoms with E-state index in [9.17, 15) is 13.2 Å². The van der Waals surface area contributed by atoms with E-state index in [1.165, 1.54) is 12.1 Å². The van der Waals surface area contributed by atoms with Crippen LogP contribution in [0.4, 0.5) is 13.2 Å². The van der Waals surface area contributed by atoms with E-state index in [1.807, 2.05) is 19.1 Å². The van der Waals surface area contributed by atoms with Crippen LogP contribution in [0.2, 0.25) is 0 Å². The van der Waals surface area contributed by atoms with Crippen LogP contribution in [-0.2, 0) is 6.18 Å². The fourth-order valence-electron chi connectivity index (χ4n) is 2.07. The summed E-state index contributed by atoms with van der Waals surface area (Å²) in [7, 11) is 0. The first-order valence-corrected chi connectivity index (χ1v) is 6.53. The van der Waals surface area contributed by atoms with Crippen molar-refractivity contribution in [1.82, 2.24) is 0 Å². The molecule has 0 amide bonds. The van der Waals surface area contributed by atoms with Crippen molar-refractivity contribution in [3.05, 3.63) is 53.6 Å². The molecule has 0 unspecified atom stereocenters. The molecular weight excluding hydrogens is 315 g/mol. The lowest BCUT2D eigenvalue weighted by molar-refractivity contribution is -0.137. The van der Waals surface area contributed by atoms with Crippen LogP contribution in [0.25, 0.3) is 11.1 Å². The van der Waals surface area contributed by atoms with Gasteiger partial charge in [0.2, 0.25) is 0 Å². The van der Waals surface area contributed by atoms with Crippen molar-refractivity contribution in [3.63, 3.8) is 0 Å². The van der Waals surface area contributed by atoms with Crippen LogP contribution < -0.4 is 10.5 Å². The lowest BCUT2D eigenvalue weighted by Gasteiger charge is -2.11. The Morgan fingerprint density at radius 3 is 2.18 bits per heavy atom. The second-order valence-corrected chi connectivity index (χ2v) is 4.69. The maximum atomic E-state index is 12.5. The minimum atomic E-state index is -4.31. The molecule has 0 atom stereocenters. The summed E-state index contributed by atoms with van der Waals surface area (Å²) in [5, 5.41) is 0. The van der Waals surface area contributed by atoms with Gasteiger partial charge in [0.15, 0.2) is 0 Å². The molecule has 0 aliphatic rings. The molecule has 0 radical (unpaired) electrons. The van der Waals surface area contributed by atoms with Gasteiger partial charge in [0.1, 0.15) is 12.4 Å². The number of benzene rings is 2. The van der Waals surface area contributed by atoms with E-state index < -0.39 is 11.7 Å². The molecule has 2 N–H and O–H groups in total. The SMILES string of the molecule is Cc1cc(OCCN)ccc1-c1ccc(C(F)(F)F)cc1.Cl. The van der Waals surface area contributed by atoms with Gasteiger partial charge in [0.25, 0.3) is 0 Å². The molecule has 0 spiro atoms. The van der Waals surface area contributed by atoms with E-state index >= 15 is 0 Å². The van der Waals surface area contributed by atoms with Crippen LogP contribution in [0.1, 0.15) is 11.1 Å². The van der Waals surface area contributed by atoms with E-state index in [2.05, 4.69) is 0 Å². The number of nitrogens with two attached hydrogens (primary N) is 1. The summed E-state index contributed by atoms with van der Waals surface area (Å²) in [6.45, 7) is 2.75. The third kappa shape index (κ3) is 4.39. The summed E-state index contributed by atoms with van der Waals surface area (Å²) in [5.41, 5.74) is 7.28. The lowest BCUT2D eigenvalue weighted by Crippen LogP contribution is -2.10. The fourth-order valence-corrected chi connectivity index (χ4v) is 2.07. The molecule has 22 heavy (non-hydrogen) atoms. The smallest absolute Gasteiger partial charge is 0.416 e. The highest BCUT2D eigenvalue weighted by Gasteiger charge is 2.29. The van der Waals surface area contributed by atoms with Gasteiger partial charge in [-0.15, -0.1) is 12.4 Å². The Morgan fingerprint density at radius 1 is 1.05 bits per heavy atom. The third-order valence-electron chi connectivity index (χ3n) is 3.11. The molecule has 2 rings (SSSR count). The number of aryl methyl sites for hydroxylation is 1. The Hall–Kier alpha value is -1.72. The van der Waals surface area contributed by atoms with Crippen LogP contribution in [0, 0.1) is 6.92 Å². The molecular formula is C16H17ClF3NO. The highest BCUT2D eigenvalue weighted by Crippen LogP contribution is 2.32. The summed E-state index contributed by atoms with van der Waals surface area (Å²) >= 11 is 0. The van der Waals surface area contributed by atoms with Crippen molar-refractivity contribution < 1.29 is 17.9 Å². The average Bonchev–Trinajstić information content (AvgIpc) is 2.44. The van der Waals surface area contributed by atoms with Crippen LogP contribution in [-0.4, -0.2) is 13.2 Å². The van der Waals surface area contributed by atoms with E-state index in [1.54, 1.807) is 6.07 Å². The third-order valence-corrected chi connectivity index (χ3v) is 3.11. The number of hydrogen-bond acceptors (Lipinski definition) is 2. The Kier molecular flexibility index (Phi) is 6.26. The van der Waals surface area contributed by atoms with Gasteiger partial charge in [-0.25, -0.2) is 0 Å². The summed E-state index contributed by atoms with van der Waals surface area (Å²) in [5.74, 6) is 0.702. The number of rotatable bonds is 4. The highest BCUT2D eigenvalue weighted by molar-refractivity contribution is 5.85. The minimum Gasteiger partial charge on any atom is -0.492 e. The zero-order valence-electron chi connectivity index (χ0n) is 12.0. The molecule has 0 saturated heterocycles. The second-order valence-electron chi connectivity index (χ2n) is 4.69. The Balaban J connectivity index is 0.00000242. The molecule has 2 aromatic rings. The van der Waals surface area contributed by atoms with E-state index in [0.717, 1.165) is 28.8 Å². The van der Waals surface area contributed by atoms with Gasteiger partial charge in [-0.1, -0.05) is 18.2 Å². The average molecular weight is 332 g/mol. The largest absolute Gasteiger partial charge is 0.492 e.